The number of carbonyl (C=O) groups is 1. The first-order chi connectivity index (χ1) is 8.13. The number of nitrogens with two attached hydrogens (primary N) is 1. The summed E-state index contributed by atoms with van der Waals surface area (Å²) in [6.45, 7) is 0. The van der Waals surface area contributed by atoms with Crippen LogP contribution < -0.4 is 5.73 Å². The minimum atomic E-state index is -0.712. The summed E-state index contributed by atoms with van der Waals surface area (Å²) in [6, 6.07) is 0. The molecule has 2 aromatic rings. The standard InChI is InChI=1S/C9H7ClN4O3/c1-16-9(15)5-7(11)14-4(6(10)13-5)8-12-2-3-17-8/h2-3H,1H3,(H2,11,14). The molecule has 2 heterocycles. The Morgan fingerprint density at radius 1 is 1.53 bits per heavy atom. The van der Waals surface area contributed by atoms with Crippen LogP contribution in [0.15, 0.2) is 16.9 Å². The van der Waals surface area contributed by atoms with Crippen LogP contribution >= 0.6 is 11.6 Å². The molecule has 0 atom stereocenters. The van der Waals surface area contributed by atoms with E-state index in [2.05, 4.69) is 19.7 Å². The molecular weight excluding hydrogens is 248 g/mol. The fourth-order valence-electron chi connectivity index (χ4n) is 1.15. The maximum atomic E-state index is 11.3. The number of esters is 1. The Morgan fingerprint density at radius 2 is 2.29 bits per heavy atom. The molecule has 0 unspecified atom stereocenters. The quantitative estimate of drug-likeness (QED) is 0.802. The summed E-state index contributed by atoms with van der Waals surface area (Å²) in [5.41, 5.74) is 5.59. The summed E-state index contributed by atoms with van der Waals surface area (Å²) in [4.78, 5) is 22.9. The molecule has 88 valence electrons. The molecule has 0 saturated heterocycles. The molecule has 0 bridgehead atoms. The molecule has 2 aromatic heterocycles. The van der Waals surface area contributed by atoms with Gasteiger partial charge in [-0.3, -0.25) is 0 Å². The SMILES string of the molecule is COC(=O)c1nc(Cl)c(-c2ncco2)nc1N. The van der Waals surface area contributed by atoms with Crippen molar-refractivity contribution in [3.63, 3.8) is 0 Å². The number of hydrogen-bond acceptors (Lipinski definition) is 7. The minimum Gasteiger partial charge on any atom is -0.464 e. The maximum Gasteiger partial charge on any atom is 0.360 e. The molecule has 2 rings (SSSR count). The molecule has 0 radical (unpaired) electrons. The highest BCUT2D eigenvalue weighted by Gasteiger charge is 2.19. The normalized spacial score (nSPS) is 10.2. The van der Waals surface area contributed by atoms with Crippen LogP contribution in [-0.2, 0) is 4.74 Å². The van der Waals surface area contributed by atoms with Crippen LogP contribution in [0.2, 0.25) is 5.15 Å². The van der Waals surface area contributed by atoms with E-state index in [4.69, 9.17) is 21.8 Å². The summed E-state index contributed by atoms with van der Waals surface area (Å²) in [5, 5.41) is -0.0398. The summed E-state index contributed by atoms with van der Waals surface area (Å²) in [5.74, 6) is -0.643. The fraction of sp³-hybridized carbons (Fsp3) is 0.111. The number of hydrogen-bond donors (Lipinski definition) is 1. The van der Waals surface area contributed by atoms with E-state index in [-0.39, 0.29) is 28.2 Å². The molecule has 0 aliphatic heterocycles. The van der Waals surface area contributed by atoms with Gasteiger partial charge in [-0.1, -0.05) is 11.6 Å². The van der Waals surface area contributed by atoms with Gasteiger partial charge >= 0.3 is 5.97 Å². The Labute approximate surface area is 101 Å². The molecule has 0 fully saturated rings. The summed E-state index contributed by atoms with van der Waals surface area (Å²) >= 11 is 5.86. The van der Waals surface area contributed by atoms with Crippen molar-refractivity contribution < 1.29 is 13.9 Å². The lowest BCUT2D eigenvalue weighted by Gasteiger charge is -2.04. The van der Waals surface area contributed by atoms with Gasteiger partial charge in [0.05, 0.1) is 13.3 Å². The van der Waals surface area contributed by atoms with E-state index >= 15 is 0 Å². The van der Waals surface area contributed by atoms with Gasteiger partial charge in [-0.2, -0.15) is 0 Å². The number of anilines is 1. The summed E-state index contributed by atoms with van der Waals surface area (Å²) in [6.07, 6.45) is 2.79. The first kappa shape index (κ1) is 11.3. The molecule has 0 aliphatic rings. The van der Waals surface area contributed by atoms with E-state index in [1.165, 1.54) is 19.6 Å². The molecule has 0 saturated carbocycles. The van der Waals surface area contributed by atoms with Crippen molar-refractivity contribution in [1.82, 2.24) is 15.0 Å². The number of halogens is 1. The minimum absolute atomic E-state index is 0.0398. The van der Waals surface area contributed by atoms with Crippen molar-refractivity contribution in [3.8, 4) is 11.6 Å². The van der Waals surface area contributed by atoms with E-state index in [1.54, 1.807) is 0 Å². The highest BCUT2D eigenvalue weighted by molar-refractivity contribution is 6.31. The van der Waals surface area contributed by atoms with Crippen LogP contribution in [0.25, 0.3) is 11.6 Å². The Morgan fingerprint density at radius 3 is 2.88 bits per heavy atom. The smallest absolute Gasteiger partial charge is 0.360 e. The topological polar surface area (TPSA) is 104 Å². The Bertz CT molecular complexity index is 556. The number of nitrogen functional groups attached to an aromatic ring is 1. The van der Waals surface area contributed by atoms with E-state index in [0.29, 0.717) is 0 Å². The number of nitrogens with zero attached hydrogens (tertiary/aromatic N) is 3. The molecule has 17 heavy (non-hydrogen) atoms. The second kappa shape index (κ2) is 4.38. The first-order valence-electron chi connectivity index (χ1n) is 4.44. The van der Waals surface area contributed by atoms with Crippen molar-refractivity contribution in [3.05, 3.63) is 23.3 Å². The van der Waals surface area contributed by atoms with Crippen LogP contribution in [0, 0.1) is 0 Å². The highest BCUT2D eigenvalue weighted by Crippen LogP contribution is 2.25. The third-order valence-corrected chi connectivity index (χ3v) is 2.16. The molecule has 0 spiro atoms. The molecule has 0 aromatic carbocycles. The average Bonchev–Trinajstić information content (AvgIpc) is 2.84. The zero-order chi connectivity index (χ0) is 12.4. The third kappa shape index (κ3) is 2.04. The highest BCUT2D eigenvalue weighted by atomic mass is 35.5. The van der Waals surface area contributed by atoms with Crippen molar-refractivity contribution in [2.24, 2.45) is 0 Å². The van der Waals surface area contributed by atoms with Crippen LogP contribution in [0.5, 0.6) is 0 Å². The summed E-state index contributed by atoms with van der Waals surface area (Å²) in [7, 11) is 1.21. The van der Waals surface area contributed by atoms with Gasteiger partial charge in [-0.25, -0.2) is 19.7 Å². The van der Waals surface area contributed by atoms with Crippen molar-refractivity contribution in [2.45, 2.75) is 0 Å². The lowest BCUT2D eigenvalue weighted by Crippen LogP contribution is -2.11. The molecular formula is C9H7ClN4O3. The predicted molar refractivity (Wildman–Crippen MR) is 58.3 cm³/mol. The Hall–Kier alpha value is -2.15. The zero-order valence-corrected chi connectivity index (χ0v) is 9.43. The molecule has 7 nitrogen and oxygen atoms in total. The largest absolute Gasteiger partial charge is 0.464 e. The monoisotopic (exact) mass is 254 g/mol. The second-order valence-electron chi connectivity index (χ2n) is 2.93. The maximum absolute atomic E-state index is 11.3. The molecule has 0 amide bonds. The second-order valence-corrected chi connectivity index (χ2v) is 3.28. The third-order valence-electron chi connectivity index (χ3n) is 1.89. The zero-order valence-electron chi connectivity index (χ0n) is 8.68. The number of rotatable bonds is 2. The first-order valence-corrected chi connectivity index (χ1v) is 4.82. The number of methoxy groups -OCH3 is 1. The Balaban J connectivity index is 2.53. The predicted octanol–water partition coefficient (Wildman–Crippen LogP) is 1.15. The van der Waals surface area contributed by atoms with Gasteiger partial charge in [0, 0.05) is 0 Å². The van der Waals surface area contributed by atoms with Gasteiger partial charge in [0.1, 0.15) is 6.26 Å². The van der Waals surface area contributed by atoms with E-state index < -0.39 is 5.97 Å². The van der Waals surface area contributed by atoms with Gasteiger partial charge in [0.15, 0.2) is 22.4 Å². The van der Waals surface area contributed by atoms with Gasteiger partial charge in [0.25, 0.3) is 0 Å². The van der Waals surface area contributed by atoms with Crippen LogP contribution in [0.4, 0.5) is 5.82 Å². The number of ether oxygens (including phenoxy) is 1. The lowest BCUT2D eigenvalue weighted by molar-refractivity contribution is 0.0595. The average molecular weight is 255 g/mol. The van der Waals surface area contributed by atoms with E-state index in [9.17, 15) is 4.79 Å². The van der Waals surface area contributed by atoms with E-state index in [0.717, 1.165) is 0 Å². The number of oxazole rings is 1. The number of carbonyl (C=O) groups excluding carboxylic acids is 1. The molecule has 0 aliphatic carbocycles. The molecule has 8 heteroatoms. The van der Waals surface area contributed by atoms with Crippen LogP contribution in [0.1, 0.15) is 10.5 Å². The van der Waals surface area contributed by atoms with Crippen molar-refractivity contribution >= 4 is 23.4 Å². The number of aromatic nitrogens is 3. The van der Waals surface area contributed by atoms with Gasteiger partial charge in [0.2, 0.25) is 5.89 Å². The lowest BCUT2D eigenvalue weighted by atomic mass is 10.3. The van der Waals surface area contributed by atoms with Crippen LogP contribution in [-0.4, -0.2) is 28.0 Å². The van der Waals surface area contributed by atoms with E-state index in [1.807, 2.05) is 0 Å². The van der Waals surface area contributed by atoms with Gasteiger partial charge < -0.3 is 14.9 Å². The van der Waals surface area contributed by atoms with Gasteiger partial charge in [-0.05, 0) is 0 Å². The van der Waals surface area contributed by atoms with Crippen molar-refractivity contribution in [2.75, 3.05) is 12.8 Å². The van der Waals surface area contributed by atoms with Crippen molar-refractivity contribution in [1.29, 1.82) is 0 Å². The van der Waals surface area contributed by atoms with Gasteiger partial charge in [-0.15, -0.1) is 0 Å². The molecule has 2 N–H and O–H groups in total. The fourth-order valence-corrected chi connectivity index (χ4v) is 1.36. The summed E-state index contributed by atoms with van der Waals surface area (Å²) < 4.78 is 9.50. The van der Waals surface area contributed by atoms with Crippen LogP contribution in [0.3, 0.4) is 0 Å². The Kier molecular flexibility index (Phi) is 2.92.